The van der Waals surface area contributed by atoms with Gasteiger partial charge in [-0.25, -0.2) is 4.98 Å². The van der Waals surface area contributed by atoms with E-state index in [-0.39, 0.29) is 5.91 Å². The molecule has 0 unspecified atom stereocenters. The summed E-state index contributed by atoms with van der Waals surface area (Å²) in [4.78, 5) is 25.8. The molecule has 4 heterocycles. The topological polar surface area (TPSA) is 66.6 Å². The molecule has 0 atom stereocenters. The van der Waals surface area contributed by atoms with Gasteiger partial charge >= 0.3 is 0 Å². The van der Waals surface area contributed by atoms with Gasteiger partial charge in [0.25, 0.3) is 5.78 Å². The molecule has 2 aliphatic heterocycles. The number of carbonyl (C=O) groups excluding carboxylic acids is 1. The van der Waals surface area contributed by atoms with Crippen molar-refractivity contribution < 1.29 is 4.79 Å². The molecule has 0 spiro atoms. The van der Waals surface area contributed by atoms with Crippen LogP contribution < -0.4 is 9.80 Å². The maximum absolute atomic E-state index is 12.9. The van der Waals surface area contributed by atoms with Gasteiger partial charge in [-0.3, -0.25) is 4.79 Å². The molecule has 3 aromatic rings. The SMILES string of the molecule is Cc1cc(N2CCC(CC(=O)N3CCc4ccccc43)CC2)n2ncnc2n1. The molecule has 5 rings (SSSR count). The van der Waals surface area contributed by atoms with E-state index in [0.717, 1.165) is 56.1 Å². The molecule has 0 bridgehead atoms. The van der Waals surface area contributed by atoms with Crippen molar-refractivity contribution in [1.82, 2.24) is 19.6 Å². The zero-order chi connectivity index (χ0) is 19.1. The van der Waals surface area contributed by atoms with Crippen LogP contribution in [0, 0.1) is 12.8 Å². The Labute approximate surface area is 164 Å². The maximum Gasteiger partial charge on any atom is 0.254 e. The van der Waals surface area contributed by atoms with Crippen LogP contribution in [0.4, 0.5) is 11.5 Å². The third kappa shape index (κ3) is 3.00. The highest BCUT2D eigenvalue weighted by atomic mass is 16.2. The van der Waals surface area contributed by atoms with E-state index in [1.54, 1.807) is 10.8 Å². The van der Waals surface area contributed by atoms with Crippen molar-refractivity contribution in [3.8, 4) is 0 Å². The van der Waals surface area contributed by atoms with Gasteiger partial charge < -0.3 is 9.80 Å². The molecule has 0 aliphatic carbocycles. The number of nitrogens with zero attached hydrogens (tertiary/aromatic N) is 6. The number of hydrogen-bond donors (Lipinski definition) is 0. The maximum atomic E-state index is 12.9. The number of aryl methyl sites for hydroxylation is 1. The number of rotatable bonds is 3. The Hall–Kier alpha value is -2.96. The Kier molecular flexibility index (Phi) is 4.22. The smallest absolute Gasteiger partial charge is 0.254 e. The molecule has 0 radical (unpaired) electrons. The first kappa shape index (κ1) is 17.2. The van der Waals surface area contributed by atoms with Crippen molar-refractivity contribution in [1.29, 1.82) is 0 Å². The number of amides is 1. The van der Waals surface area contributed by atoms with E-state index in [2.05, 4.69) is 44.2 Å². The zero-order valence-electron chi connectivity index (χ0n) is 16.1. The lowest BCUT2D eigenvalue weighted by molar-refractivity contribution is -0.119. The number of carbonyl (C=O) groups is 1. The fourth-order valence-corrected chi connectivity index (χ4v) is 4.46. The second-order valence-electron chi connectivity index (χ2n) is 7.79. The summed E-state index contributed by atoms with van der Waals surface area (Å²) in [6.45, 7) is 4.65. The number of benzene rings is 1. The van der Waals surface area contributed by atoms with Gasteiger partial charge in [-0.1, -0.05) is 18.2 Å². The molecular weight excluding hydrogens is 352 g/mol. The molecule has 0 saturated carbocycles. The first-order valence-electron chi connectivity index (χ1n) is 9.99. The van der Waals surface area contributed by atoms with Crippen molar-refractivity contribution in [2.24, 2.45) is 5.92 Å². The van der Waals surface area contributed by atoms with Gasteiger partial charge in [0.1, 0.15) is 12.1 Å². The van der Waals surface area contributed by atoms with Crippen molar-refractivity contribution in [2.75, 3.05) is 29.4 Å². The summed E-state index contributed by atoms with van der Waals surface area (Å²) in [6, 6.07) is 10.3. The van der Waals surface area contributed by atoms with Gasteiger partial charge in [-0.05, 0) is 43.7 Å². The van der Waals surface area contributed by atoms with Crippen LogP contribution in [-0.4, -0.2) is 45.1 Å². The van der Waals surface area contributed by atoms with Crippen LogP contribution >= 0.6 is 0 Å². The van der Waals surface area contributed by atoms with Crippen LogP contribution in [-0.2, 0) is 11.2 Å². The van der Waals surface area contributed by atoms with Crippen LogP contribution in [0.2, 0.25) is 0 Å². The summed E-state index contributed by atoms with van der Waals surface area (Å²) >= 11 is 0. The molecule has 1 amide bonds. The van der Waals surface area contributed by atoms with E-state index in [1.165, 1.54) is 5.56 Å². The van der Waals surface area contributed by atoms with Crippen LogP contribution in [0.1, 0.15) is 30.5 Å². The summed E-state index contributed by atoms with van der Waals surface area (Å²) in [6.07, 6.45) is 5.17. The Morgan fingerprint density at radius 2 is 2.00 bits per heavy atom. The van der Waals surface area contributed by atoms with Gasteiger partial charge in [0.05, 0.1) is 0 Å². The highest BCUT2D eigenvalue weighted by molar-refractivity contribution is 5.95. The second kappa shape index (κ2) is 6.89. The van der Waals surface area contributed by atoms with E-state index in [4.69, 9.17) is 0 Å². The van der Waals surface area contributed by atoms with Gasteiger partial charge in [0.2, 0.25) is 5.91 Å². The second-order valence-corrected chi connectivity index (χ2v) is 7.79. The summed E-state index contributed by atoms with van der Waals surface area (Å²) in [7, 11) is 0. The van der Waals surface area contributed by atoms with Gasteiger partial charge in [0.15, 0.2) is 0 Å². The molecular formula is C21H24N6O. The third-order valence-corrected chi connectivity index (χ3v) is 5.95. The standard InChI is InChI=1S/C21H24N6O/c1-15-12-19(27-21(24-15)22-14-23-27)25-9-6-16(7-10-25)13-20(28)26-11-8-17-4-2-3-5-18(17)26/h2-5,12,14,16H,6-11,13H2,1H3. The fraction of sp³-hybridized carbons (Fsp3) is 0.429. The summed E-state index contributed by atoms with van der Waals surface area (Å²) < 4.78 is 1.81. The van der Waals surface area contributed by atoms with E-state index in [9.17, 15) is 4.79 Å². The number of para-hydroxylation sites is 1. The van der Waals surface area contributed by atoms with Crippen molar-refractivity contribution in [3.05, 3.63) is 47.9 Å². The largest absolute Gasteiger partial charge is 0.356 e. The minimum atomic E-state index is 0.266. The van der Waals surface area contributed by atoms with Gasteiger partial charge in [-0.2, -0.15) is 14.6 Å². The third-order valence-electron chi connectivity index (χ3n) is 5.95. The Balaban J connectivity index is 1.24. The van der Waals surface area contributed by atoms with Crippen molar-refractivity contribution >= 4 is 23.2 Å². The van der Waals surface area contributed by atoms with Crippen molar-refractivity contribution in [2.45, 2.75) is 32.6 Å². The van der Waals surface area contributed by atoms with Crippen LogP contribution in [0.5, 0.6) is 0 Å². The normalized spacial score (nSPS) is 17.3. The average molecular weight is 376 g/mol. The highest BCUT2D eigenvalue weighted by Gasteiger charge is 2.28. The average Bonchev–Trinajstić information content (AvgIpc) is 3.34. The van der Waals surface area contributed by atoms with E-state index in [0.29, 0.717) is 18.1 Å². The lowest BCUT2D eigenvalue weighted by atomic mass is 9.93. The lowest BCUT2D eigenvalue weighted by Crippen LogP contribution is -2.38. The number of fused-ring (bicyclic) bond motifs is 2. The van der Waals surface area contributed by atoms with Crippen LogP contribution in [0.25, 0.3) is 5.78 Å². The Morgan fingerprint density at radius 3 is 2.86 bits per heavy atom. The quantitative estimate of drug-likeness (QED) is 0.703. The van der Waals surface area contributed by atoms with Gasteiger partial charge in [-0.15, -0.1) is 0 Å². The number of hydrogen-bond acceptors (Lipinski definition) is 5. The Bertz CT molecular complexity index is 1020. The van der Waals surface area contributed by atoms with Crippen LogP contribution in [0.3, 0.4) is 0 Å². The first-order chi connectivity index (χ1) is 13.7. The Morgan fingerprint density at radius 1 is 1.18 bits per heavy atom. The number of anilines is 2. The van der Waals surface area contributed by atoms with Gasteiger partial charge in [0, 0.05) is 43.5 Å². The van der Waals surface area contributed by atoms with E-state index < -0.39 is 0 Å². The lowest BCUT2D eigenvalue weighted by Gasteiger charge is -2.33. The first-order valence-corrected chi connectivity index (χ1v) is 9.99. The van der Waals surface area contributed by atoms with Crippen molar-refractivity contribution in [3.63, 3.8) is 0 Å². The predicted octanol–water partition coefficient (Wildman–Crippen LogP) is 2.63. The molecule has 1 aromatic carbocycles. The molecule has 2 aliphatic rings. The predicted molar refractivity (Wildman–Crippen MR) is 108 cm³/mol. The summed E-state index contributed by atoms with van der Waals surface area (Å²) in [5, 5.41) is 4.32. The molecule has 1 fully saturated rings. The molecule has 28 heavy (non-hydrogen) atoms. The van der Waals surface area contributed by atoms with E-state index in [1.807, 2.05) is 17.9 Å². The molecule has 7 heteroatoms. The molecule has 0 N–H and O–H groups in total. The highest BCUT2D eigenvalue weighted by Crippen LogP contribution is 2.31. The minimum Gasteiger partial charge on any atom is -0.356 e. The summed E-state index contributed by atoms with van der Waals surface area (Å²) in [5.41, 5.74) is 3.34. The minimum absolute atomic E-state index is 0.266. The number of aromatic nitrogens is 4. The summed E-state index contributed by atoms with van der Waals surface area (Å²) in [5.74, 6) is 2.38. The van der Waals surface area contributed by atoms with E-state index >= 15 is 0 Å². The zero-order valence-corrected chi connectivity index (χ0v) is 16.1. The molecule has 2 aromatic heterocycles. The molecule has 7 nitrogen and oxygen atoms in total. The molecule has 144 valence electrons. The fourth-order valence-electron chi connectivity index (χ4n) is 4.46. The monoisotopic (exact) mass is 376 g/mol. The van der Waals surface area contributed by atoms with Crippen LogP contribution in [0.15, 0.2) is 36.7 Å². The number of piperidine rings is 1. The molecule has 1 saturated heterocycles.